The van der Waals surface area contributed by atoms with E-state index < -0.39 is 0 Å². The van der Waals surface area contributed by atoms with Crippen LogP contribution in [0.25, 0.3) is 5.65 Å². The van der Waals surface area contributed by atoms with Gasteiger partial charge in [0.1, 0.15) is 11.5 Å². The number of aromatic nitrogens is 2. The van der Waals surface area contributed by atoms with Crippen LogP contribution in [0.3, 0.4) is 0 Å². The van der Waals surface area contributed by atoms with Gasteiger partial charge in [0.2, 0.25) is 0 Å². The van der Waals surface area contributed by atoms with Crippen LogP contribution in [-0.2, 0) is 0 Å². The Morgan fingerprint density at radius 2 is 2.12 bits per heavy atom. The van der Waals surface area contributed by atoms with Crippen LogP contribution >= 0.6 is 0 Å². The number of nitrogens with one attached hydrogen (secondary N) is 1. The van der Waals surface area contributed by atoms with E-state index in [2.05, 4.69) is 48.5 Å². The van der Waals surface area contributed by atoms with Gasteiger partial charge in [0, 0.05) is 18.9 Å². The van der Waals surface area contributed by atoms with Gasteiger partial charge in [-0.25, -0.2) is 4.98 Å². The smallest absolute Gasteiger partial charge is 0.138 e. The molecule has 92 valence electrons. The Morgan fingerprint density at radius 3 is 2.82 bits per heavy atom. The van der Waals surface area contributed by atoms with Crippen LogP contribution in [0.5, 0.6) is 0 Å². The van der Waals surface area contributed by atoms with E-state index in [1.165, 1.54) is 0 Å². The van der Waals surface area contributed by atoms with Crippen LogP contribution in [0.2, 0.25) is 0 Å². The molecule has 2 aromatic rings. The number of hydrogen-bond acceptors (Lipinski definition) is 2. The summed E-state index contributed by atoms with van der Waals surface area (Å²) in [6, 6.07) is 6.14. The second-order valence-corrected chi connectivity index (χ2v) is 5.56. The van der Waals surface area contributed by atoms with Crippen LogP contribution in [0.1, 0.15) is 27.7 Å². The van der Waals surface area contributed by atoms with Gasteiger partial charge in [0.15, 0.2) is 0 Å². The lowest BCUT2D eigenvalue weighted by atomic mass is 9.81. The zero-order valence-corrected chi connectivity index (χ0v) is 11.1. The van der Waals surface area contributed by atoms with Crippen LogP contribution in [-0.4, -0.2) is 15.9 Å². The summed E-state index contributed by atoms with van der Waals surface area (Å²) in [6.45, 7) is 10.1. The molecule has 1 N–H and O–H groups in total. The van der Waals surface area contributed by atoms with Crippen LogP contribution in [0.4, 0.5) is 5.82 Å². The Hall–Kier alpha value is -1.51. The minimum Gasteiger partial charge on any atom is -0.371 e. The van der Waals surface area contributed by atoms with Gasteiger partial charge < -0.3 is 5.32 Å². The summed E-state index contributed by atoms with van der Waals surface area (Å²) in [5.74, 6) is 1.76. The van der Waals surface area contributed by atoms with E-state index in [1.807, 2.05) is 24.5 Å². The van der Waals surface area contributed by atoms with Gasteiger partial charge in [-0.3, -0.25) is 4.40 Å². The topological polar surface area (TPSA) is 29.3 Å². The highest BCUT2D eigenvalue weighted by Gasteiger charge is 2.22. The standard InChI is InChI=1S/C14H21N3/c1-11(2)14(3,4)10-16-13-7-5-6-12-15-8-9-17(12)13/h5-9,11,16H,10H2,1-4H3. The fourth-order valence-corrected chi connectivity index (χ4v) is 1.61. The summed E-state index contributed by atoms with van der Waals surface area (Å²) in [6.07, 6.45) is 3.81. The van der Waals surface area contributed by atoms with Crippen molar-refractivity contribution in [3.05, 3.63) is 30.6 Å². The van der Waals surface area contributed by atoms with E-state index in [-0.39, 0.29) is 5.41 Å². The molecule has 2 rings (SSSR count). The molecular formula is C14H21N3. The van der Waals surface area contributed by atoms with Crippen LogP contribution in [0, 0.1) is 11.3 Å². The van der Waals surface area contributed by atoms with Crippen LogP contribution in [0.15, 0.2) is 30.6 Å². The number of hydrogen-bond donors (Lipinski definition) is 1. The van der Waals surface area contributed by atoms with Gasteiger partial charge in [0.25, 0.3) is 0 Å². The molecule has 17 heavy (non-hydrogen) atoms. The van der Waals surface area contributed by atoms with E-state index >= 15 is 0 Å². The van der Waals surface area contributed by atoms with Crippen molar-refractivity contribution >= 4 is 11.5 Å². The SMILES string of the molecule is CC(C)C(C)(C)CNc1cccc2nccn12. The number of imidazole rings is 1. The quantitative estimate of drug-likeness (QED) is 0.873. The fourth-order valence-electron chi connectivity index (χ4n) is 1.61. The minimum absolute atomic E-state index is 0.281. The van der Waals surface area contributed by atoms with Gasteiger partial charge in [-0.15, -0.1) is 0 Å². The lowest BCUT2D eigenvalue weighted by Crippen LogP contribution is -2.29. The molecular weight excluding hydrogens is 210 g/mol. The maximum absolute atomic E-state index is 4.28. The maximum atomic E-state index is 4.28. The monoisotopic (exact) mass is 231 g/mol. The van der Waals surface area contributed by atoms with Crippen molar-refractivity contribution in [2.45, 2.75) is 27.7 Å². The molecule has 0 aliphatic heterocycles. The molecule has 0 amide bonds. The lowest BCUT2D eigenvalue weighted by molar-refractivity contribution is 0.269. The van der Waals surface area contributed by atoms with Crippen molar-refractivity contribution in [1.82, 2.24) is 9.38 Å². The average molecular weight is 231 g/mol. The summed E-state index contributed by atoms with van der Waals surface area (Å²) in [4.78, 5) is 4.28. The van der Waals surface area contributed by atoms with Crippen molar-refractivity contribution < 1.29 is 0 Å². The van der Waals surface area contributed by atoms with Crippen LogP contribution < -0.4 is 5.32 Å². The highest BCUT2D eigenvalue weighted by atomic mass is 15.1. The first kappa shape index (κ1) is 12.0. The first-order chi connectivity index (χ1) is 8.00. The highest BCUT2D eigenvalue weighted by molar-refractivity contribution is 5.49. The molecule has 0 radical (unpaired) electrons. The Labute approximate surface area is 103 Å². The molecule has 0 saturated carbocycles. The van der Waals surface area contributed by atoms with Crippen molar-refractivity contribution in [2.75, 3.05) is 11.9 Å². The third kappa shape index (κ3) is 2.43. The Balaban J connectivity index is 2.17. The zero-order valence-electron chi connectivity index (χ0n) is 11.1. The molecule has 0 bridgehead atoms. The van der Waals surface area contributed by atoms with Gasteiger partial charge >= 0.3 is 0 Å². The van der Waals surface area contributed by atoms with Crippen molar-refractivity contribution in [3.63, 3.8) is 0 Å². The molecule has 2 aromatic heterocycles. The van der Waals surface area contributed by atoms with E-state index in [0.29, 0.717) is 5.92 Å². The summed E-state index contributed by atoms with van der Waals surface area (Å²) < 4.78 is 2.08. The lowest BCUT2D eigenvalue weighted by Gasteiger charge is -2.30. The minimum atomic E-state index is 0.281. The van der Waals surface area contributed by atoms with E-state index in [4.69, 9.17) is 0 Å². The van der Waals surface area contributed by atoms with Crippen molar-refractivity contribution in [1.29, 1.82) is 0 Å². The predicted octanol–water partition coefficient (Wildman–Crippen LogP) is 3.43. The maximum Gasteiger partial charge on any atom is 0.138 e. The number of pyridine rings is 1. The molecule has 0 fully saturated rings. The molecule has 0 spiro atoms. The predicted molar refractivity (Wildman–Crippen MR) is 72.3 cm³/mol. The van der Waals surface area contributed by atoms with E-state index in [1.54, 1.807) is 0 Å². The number of anilines is 1. The van der Waals surface area contributed by atoms with E-state index in [9.17, 15) is 0 Å². The molecule has 0 aliphatic rings. The largest absolute Gasteiger partial charge is 0.371 e. The van der Waals surface area contributed by atoms with Gasteiger partial charge in [-0.05, 0) is 23.5 Å². The first-order valence-corrected chi connectivity index (χ1v) is 6.17. The Bertz CT molecular complexity index is 497. The average Bonchev–Trinajstić information content (AvgIpc) is 2.74. The van der Waals surface area contributed by atoms with E-state index in [0.717, 1.165) is 18.0 Å². The second kappa shape index (κ2) is 4.40. The number of nitrogens with zero attached hydrogens (tertiary/aromatic N) is 2. The number of fused-ring (bicyclic) bond motifs is 1. The zero-order chi connectivity index (χ0) is 12.5. The normalized spacial score (nSPS) is 12.3. The summed E-state index contributed by atoms with van der Waals surface area (Å²) in [5, 5.41) is 3.52. The molecule has 2 heterocycles. The summed E-state index contributed by atoms with van der Waals surface area (Å²) in [5.41, 5.74) is 1.26. The van der Waals surface area contributed by atoms with Crippen molar-refractivity contribution in [2.24, 2.45) is 11.3 Å². The van der Waals surface area contributed by atoms with Gasteiger partial charge in [-0.2, -0.15) is 0 Å². The third-order valence-corrected chi connectivity index (χ3v) is 3.72. The van der Waals surface area contributed by atoms with Gasteiger partial charge in [-0.1, -0.05) is 33.8 Å². The number of rotatable bonds is 4. The molecule has 3 heteroatoms. The molecule has 0 aromatic carbocycles. The summed E-state index contributed by atoms with van der Waals surface area (Å²) >= 11 is 0. The molecule has 0 saturated heterocycles. The highest BCUT2D eigenvalue weighted by Crippen LogP contribution is 2.26. The molecule has 0 unspecified atom stereocenters. The molecule has 3 nitrogen and oxygen atoms in total. The Morgan fingerprint density at radius 1 is 1.35 bits per heavy atom. The molecule has 0 aliphatic carbocycles. The first-order valence-electron chi connectivity index (χ1n) is 6.17. The van der Waals surface area contributed by atoms with Gasteiger partial charge in [0.05, 0.1) is 0 Å². The Kier molecular flexibility index (Phi) is 3.09. The summed E-state index contributed by atoms with van der Waals surface area (Å²) in [7, 11) is 0. The third-order valence-electron chi connectivity index (χ3n) is 3.72. The fraction of sp³-hybridized carbons (Fsp3) is 0.500. The second-order valence-electron chi connectivity index (χ2n) is 5.56. The van der Waals surface area contributed by atoms with Crippen molar-refractivity contribution in [3.8, 4) is 0 Å². The molecule has 0 atom stereocenters.